The van der Waals surface area contributed by atoms with E-state index in [0.717, 1.165) is 12.8 Å². The molecule has 0 heterocycles. The lowest BCUT2D eigenvalue weighted by Crippen LogP contribution is -2.04. The highest BCUT2D eigenvalue weighted by atomic mass is 16.1. The predicted octanol–water partition coefficient (Wildman–Crippen LogP) is 11.9. The molecule has 0 aliphatic rings. The monoisotopic (exact) mass is 507 g/mol. The maximum absolute atomic E-state index is 12.1. The zero-order chi connectivity index (χ0) is 26.4. The normalized spacial score (nSPS) is 11.3. The predicted molar refractivity (Wildman–Crippen MR) is 160 cm³/mol. The van der Waals surface area contributed by atoms with E-state index in [1.807, 2.05) is 0 Å². The van der Waals surface area contributed by atoms with Crippen molar-refractivity contribution in [2.45, 2.75) is 206 Å². The molecule has 0 saturated heterocycles. The van der Waals surface area contributed by atoms with Gasteiger partial charge in [-0.05, 0) is 12.8 Å². The van der Waals surface area contributed by atoms with Crippen LogP contribution in [0.15, 0.2) is 0 Å². The van der Waals surface area contributed by atoms with Crippen LogP contribution in [0.5, 0.6) is 0 Å². The molecule has 0 fully saturated rings. The Kier molecular flexibility index (Phi) is 30.0. The van der Waals surface area contributed by atoms with Gasteiger partial charge in [-0.1, -0.05) is 168 Å². The molecule has 0 spiro atoms. The first-order valence-electron chi connectivity index (χ1n) is 16.7. The van der Waals surface area contributed by atoms with Crippen LogP contribution < -0.4 is 0 Å². The summed E-state index contributed by atoms with van der Waals surface area (Å²) >= 11 is 0. The molecule has 0 atom stereocenters. The summed E-state index contributed by atoms with van der Waals surface area (Å²) in [6, 6.07) is 0. The smallest absolute Gasteiger partial charge is 0.133 e. The molecule has 0 aliphatic carbocycles. The number of unbranched alkanes of at least 4 members (excludes halogenated alkanes) is 24. The Bertz CT molecular complexity index is 456. The van der Waals surface area contributed by atoms with Crippen molar-refractivity contribution in [1.29, 1.82) is 0 Å². The number of hydrogen-bond donors (Lipinski definition) is 0. The molecule has 0 rings (SSSR count). The van der Waals surface area contributed by atoms with Crippen LogP contribution in [0.2, 0.25) is 0 Å². The van der Waals surface area contributed by atoms with Crippen molar-refractivity contribution in [2.24, 2.45) is 0 Å². The summed E-state index contributed by atoms with van der Waals surface area (Å²) in [5, 5.41) is 0. The lowest BCUT2D eigenvalue weighted by atomic mass is 10.0. The molecule has 0 unspecified atom stereocenters. The molecule has 0 aromatic carbocycles. The first-order chi connectivity index (χ1) is 17.7. The zero-order valence-corrected chi connectivity index (χ0v) is 25.0. The number of hydrogen-bond acceptors (Lipinski definition) is 2. The van der Waals surface area contributed by atoms with Crippen LogP contribution in [-0.4, -0.2) is 11.6 Å². The molecule has 0 aromatic heterocycles. The van der Waals surface area contributed by atoms with E-state index in [4.69, 9.17) is 0 Å². The Balaban J connectivity index is 3.28. The third-order valence-electron chi connectivity index (χ3n) is 7.80. The molecule has 0 aromatic rings. The first-order valence-corrected chi connectivity index (χ1v) is 16.7. The first kappa shape index (κ1) is 35.3. The van der Waals surface area contributed by atoms with Crippen LogP contribution in [0, 0.1) is 0 Å². The van der Waals surface area contributed by atoms with E-state index in [0.29, 0.717) is 37.2 Å². The van der Waals surface area contributed by atoms with Gasteiger partial charge < -0.3 is 0 Å². The number of ketones is 2. The van der Waals surface area contributed by atoms with E-state index in [1.165, 1.54) is 154 Å². The molecule has 36 heavy (non-hydrogen) atoms. The SMILES string of the molecule is CCCCCCCCCCCCCCCCCC(=O)CCC(=O)CCCCCCCCCCCCC. The Hall–Kier alpha value is -0.660. The van der Waals surface area contributed by atoms with Crippen molar-refractivity contribution in [3.8, 4) is 0 Å². The van der Waals surface area contributed by atoms with Crippen LogP contribution in [0.1, 0.15) is 206 Å². The van der Waals surface area contributed by atoms with Crippen LogP contribution >= 0.6 is 0 Å². The third-order valence-corrected chi connectivity index (χ3v) is 7.80. The lowest BCUT2D eigenvalue weighted by Gasteiger charge is -2.04. The minimum Gasteiger partial charge on any atom is -0.300 e. The van der Waals surface area contributed by atoms with Crippen molar-refractivity contribution in [1.82, 2.24) is 0 Å². The summed E-state index contributed by atoms with van der Waals surface area (Å²) in [7, 11) is 0. The Morgan fingerprint density at radius 3 is 0.694 bits per heavy atom. The molecule has 0 N–H and O–H groups in total. The van der Waals surface area contributed by atoms with Gasteiger partial charge in [0.15, 0.2) is 0 Å². The van der Waals surface area contributed by atoms with Gasteiger partial charge in [-0.3, -0.25) is 9.59 Å². The van der Waals surface area contributed by atoms with Crippen molar-refractivity contribution in [2.75, 3.05) is 0 Å². The highest BCUT2D eigenvalue weighted by Gasteiger charge is 2.07. The van der Waals surface area contributed by atoms with Crippen LogP contribution in [0.3, 0.4) is 0 Å². The Labute approximate surface area is 227 Å². The van der Waals surface area contributed by atoms with E-state index in [1.54, 1.807) is 0 Å². The van der Waals surface area contributed by atoms with E-state index >= 15 is 0 Å². The average Bonchev–Trinajstić information content (AvgIpc) is 2.88. The molecule has 0 aliphatic heterocycles. The maximum Gasteiger partial charge on any atom is 0.133 e. The quantitative estimate of drug-likeness (QED) is 0.0876. The number of carbonyl (C=O) groups excluding carboxylic acids is 2. The van der Waals surface area contributed by atoms with Crippen LogP contribution in [-0.2, 0) is 9.59 Å². The highest BCUT2D eigenvalue weighted by molar-refractivity contribution is 5.85. The van der Waals surface area contributed by atoms with Gasteiger partial charge in [0.05, 0.1) is 0 Å². The summed E-state index contributed by atoms with van der Waals surface area (Å²) in [4.78, 5) is 24.2. The second kappa shape index (κ2) is 30.6. The zero-order valence-electron chi connectivity index (χ0n) is 25.0. The Morgan fingerprint density at radius 2 is 0.472 bits per heavy atom. The molecule has 2 nitrogen and oxygen atoms in total. The fourth-order valence-electron chi connectivity index (χ4n) is 5.21. The largest absolute Gasteiger partial charge is 0.300 e. The van der Waals surface area contributed by atoms with Gasteiger partial charge in [0.1, 0.15) is 11.6 Å². The van der Waals surface area contributed by atoms with Gasteiger partial charge in [-0.15, -0.1) is 0 Å². The molecular weight excluding hydrogens is 440 g/mol. The van der Waals surface area contributed by atoms with E-state index < -0.39 is 0 Å². The van der Waals surface area contributed by atoms with Gasteiger partial charge in [-0.2, -0.15) is 0 Å². The standard InChI is InChI=1S/C34H66O2/c1-3-5-7-9-11-13-15-16-17-18-20-22-24-26-28-30-34(36)32-31-33(35)29-27-25-23-21-19-14-12-10-8-6-4-2/h3-32H2,1-2H3. The summed E-state index contributed by atoms with van der Waals surface area (Å²) < 4.78 is 0. The third kappa shape index (κ3) is 29.6. The second-order valence-corrected chi connectivity index (χ2v) is 11.6. The minimum atomic E-state index is 0.302. The minimum absolute atomic E-state index is 0.302. The van der Waals surface area contributed by atoms with Crippen molar-refractivity contribution >= 4 is 11.6 Å². The van der Waals surface area contributed by atoms with E-state index in [-0.39, 0.29) is 0 Å². The fourth-order valence-corrected chi connectivity index (χ4v) is 5.21. The van der Waals surface area contributed by atoms with Crippen molar-refractivity contribution < 1.29 is 9.59 Å². The summed E-state index contributed by atoms with van der Waals surface area (Å²) in [5.41, 5.74) is 0. The Morgan fingerprint density at radius 1 is 0.278 bits per heavy atom. The van der Waals surface area contributed by atoms with Gasteiger partial charge >= 0.3 is 0 Å². The molecule has 2 heteroatoms. The molecule has 214 valence electrons. The number of rotatable bonds is 31. The molecular formula is C34H66O2. The second-order valence-electron chi connectivity index (χ2n) is 11.6. The van der Waals surface area contributed by atoms with Gasteiger partial charge in [0, 0.05) is 25.7 Å². The summed E-state index contributed by atoms with van der Waals surface area (Å²) in [5.74, 6) is 0.604. The van der Waals surface area contributed by atoms with Crippen molar-refractivity contribution in [3.63, 3.8) is 0 Å². The highest BCUT2D eigenvalue weighted by Crippen LogP contribution is 2.15. The van der Waals surface area contributed by atoms with E-state index in [9.17, 15) is 9.59 Å². The summed E-state index contributed by atoms with van der Waals surface area (Å²) in [6.45, 7) is 4.55. The number of Topliss-reactive ketones (excluding diaryl/α,β-unsaturated/α-hetero) is 2. The number of carbonyl (C=O) groups is 2. The summed E-state index contributed by atoms with van der Waals surface area (Å²) in [6.07, 6.45) is 37.0. The molecule has 0 radical (unpaired) electrons. The van der Waals surface area contributed by atoms with Crippen LogP contribution in [0.4, 0.5) is 0 Å². The van der Waals surface area contributed by atoms with Crippen LogP contribution in [0.25, 0.3) is 0 Å². The van der Waals surface area contributed by atoms with Gasteiger partial charge in [0.25, 0.3) is 0 Å². The fraction of sp³-hybridized carbons (Fsp3) is 0.941. The molecule has 0 amide bonds. The van der Waals surface area contributed by atoms with E-state index in [2.05, 4.69) is 13.8 Å². The van der Waals surface area contributed by atoms with Gasteiger partial charge in [-0.25, -0.2) is 0 Å². The van der Waals surface area contributed by atoms with Gasteiger partial charge in [0.2, 0.25) is 0 Å². The molecule has 0 bridgehead atoms. The molecule has 0 saturated carbocycles. The lowest BCUT2D eigenvalue weighted by molar-refractivity contribution is -0.124. The van der Waals surface area contributed by atoms with Crippen molar-refractivity contribution in [3.05, 3.63) is 0 Å². The maximum atomic E-state index is 12.1. The average molecular weight is 507 g/mol. The topological polar surface area (TPSA) is 34.1 Å².